The molecule has 5 aromatic carbocycles. The van der Waals surface area contributed by atoms with Crippen molar-refractivity contribution < 1.29 is 0 Å². The topological polar surface area (TPSA) is 0 Å². The zero-order chi connectivity index (χ0) is 23.3. The number of fused-ring (bicyclic) bond motifs is 3. The summed E-state index contributed by atoms with van der Waals surface area (Å²) in [6, 6.07) is 42.0. The normalized spacial score (nSPS) is 13.4. The van der Waals surface area contributed by atoms with E-state index in [1.807, 2.05) is 0 Å². The molecule has 0 aliphatic heterocycles. The highest BCUT2D eigenvalue weighted by molar-refractivity contribution is 5.98. The van der Waals surface area contributed by atoms with Crippen molar-refractivity contribution in [1.82, 2.24) is 0 Å². The number of benzene rings is 5. The second kappa shape index (κ2) is 7.85. The molecule has 164 valence electrons. The third-order valence-electron chi connectivity index (χ3n) is 7.39. The maximum Gasteiger partial charge on any atom is 0.0165 e. The predicted molar refractivity (Wildman–Crippen MR) is 145 cm³/mol. The van der Waals surface area contributed by atoms with Crippen LogP contribution in [0.25, 0.3) is 44.5 Å². The van der Waals surface area contributed by atoms with Gasteiger partial charge in [-0.2, -0.15) is 0 Å². The molecule has 0 spiro atoms. The van der Waals surface area contributed by atoms with Gasteiger partial charge in [0.2, 0.25) is 0 Å². The Bertz CT molecular complexity index is 1490. The third-order valence-corrected chi connectivity index (χ3v) is 7.39. The van der Waals surface area contributed by atoms with Crippen LogP contribution in [0, 0.1) is 6.92 Å². The second-order valence-electron chi connectivity index (χ2n) is 9.85. The first-order valence-electron chi connectivity index (χ1n) is 12.0. The van der Waals surface area contributed by atoms with Gasteiger partial charge in [-0.3, -0.25) is 0 Å². The van der Waals surface area contributed by atoms with Crippen LogP contribution in [-0.4, -0.2) is 0 Å². The highest BCUT2D eigenvalue weighted by Gasteiger charge is 2.39. The first kappa shape index (κ1) is 20.7. The van der Waals surface area contributed by atoms with Crippen LogP contribution in [-0.2, 0) is 5.41 Å². The minimum Gasteiger partial charge on any atom is -0.0622 e. The van der Waals surface area contributed by atoms with Crippen LogP contribution in [0.15, 0.2) is 115 Å². The van der Waals surface area contributed by atoms with Gasteiger partial charge < -0.3 is 0 Å². The molecule has 0 radical (unpaired) electrons. The molecule has 0 saturated heterocycles. The number of rotatable bonds is 3. The van der Waals surface area contributed by atoms with E-state index < -0.39 is 0 Å². The van der Waals surface area contributed by atoms with Crippen LogP contribution < -0.4 is 0 Å². The maximum absolute atomic E-state index is 2.44. The van der Waals surface area contributed by atoms with Gasteiger partial charge in [-0.25, -0.2) is 0 Å². The summed E-state index contributed by atoms with van der Waals surface area (Å²) in [6.07, 6.45) is 0. The largest absolute Gasteiger partial charge is 0.0622 e. The summed E-state index contributed by atoms with van der Waals surface area (Å²) in [4.78, 5) is 0. The molecule has 0 heterocycles. The Balaban J connectivity index is 1.71. The van der Waals surface area contributed by atoms with Crippen molar-refractivity contribution in [3.63, 3.8) is 0 Å². The summed E-state index contributed by atoms with van der Waals surface area (Å²) in [5.41, 5.74) is 14.6. The highest BCUT2D eigenvalue weighted by atomic mass is 14.4. The van der Waals surface area contributed by atoms with Crippen molar-refractivity contribution in [1.29, 1.82) is 0 Å². The van der Waals surface area contributed by atoms with Gasteiger partial charge in [0.1, 0.15) is 0 Å². The third kappa shape index (κ3) is 3.14. The molecule has 1 aliphatic rings. The van der Waals surface area contributed by atoms with E-state index in [1.165, 1.54) is 61.2 Å². The first-order valence-corrected chi connectivity index (χ1v) is 12.0. The van der Waals surface area contributed by atoms with E-state index >= 15 is 0 Å². The zero-order valence-electron chi connectivity index (χ0n) is 20.0. The molecule has 0 N–H and O–H groups in total. The molecule has 0 aromatic heterocycles. The molecule has 0 saturated carbocycles. The molecule has 0 heteroatoms. The predicted octanol–water partition coefficient (Wildman–Crippen LogP) is 9.30. The first-order chi connectivity index (χ1) is 16.6. The molecule has 0 atom stereocenters. The lowest BCUT2D eigenvalue weighted by molar-refractivity contribution is 0.661. The smallest absolute Gasteiger partial charge is 0.0165 e. The van der Waals surface area contributed by atoms with Crippen molar-refractivity contribution in [2.75, 3.05) is 0 Å². The summed E-state index contributed by atoms with van der Waals surface area (Å²) in [6.45, 7) is 7.03. The van der Waals surface area contributed by atoms with Crippen molar-refractivity contribution >= 4 is 0 Å². The Morgan fingerprint density at radius 3 is 1.50 bits per heavy atom. The fourth-order valence-electron chi connectivity index (χ4n) is 5.74. The van der Waals surface area contributed by atoms with Gasteiger partial charge >= 0.3 is 0 Å². The second-order valence-corrected chi connectivity index (χ2v) is 9.85. The molecule has 0 fully saturated rings. The average molecular weight is 437 g/mol. The standard InChI is InChI=1S/C34H28/c1-23-21-31-30(22-29(23)26-17-11-6-12-18-26)32-27(24-13-7-4-8-14-24)19-20-28(33(32)34(31,2)3)25-15-9-5-10-16-25/h4-22H,1-3H3. The van der Waals surface area contributed by atoms with E-state index in [4.69, 9.17) is 0 Å². The summed E-state index contributed by atoms with van der Waals surface area (Å²) < 4.78 is 0. The van der Waals surface area contributed by atoms with Crippen LogP contribution in [0.5, 0.6) is 0 Å². The minimum atomic E-state index is -0.0966. The van der Waals surface area contributed by atoms with E-state index in [0.29, 0.717) is 0 Å². The summed E-state index contributed by atoms with van der Waals surface area (Å²) in [5, 5.41) is 0. The molecule has 0 amide bonds. The van der Waals surface area contributed by atoms with Crippen LogP contribution >= 0.6 is 0 Å². The van der Waals surface area contributed by atoms with Crippen molar-refractivity contribution in [2.24, 2.45) is 0 Å². The minimum absolute atomic E-state index is 0.0966. The van der Waals surface area contributed by atoms with E-state index in [-0.39, 0.29) is 5.41 Å². The molecule has 34 heavy (non-hydrogen) atoms. The highest BCUT2D eigenvalue weighted by Crippen LogP contribution is 2.56. The zero-order valence-corrected chi connectivity index (χ0v) is 20.0. The Morgan fingerprint density at radius 1 is 0.471 bits per heavy atom. The van der Waals surface area contributed by atoms with Gasteiger partial charge in [0.05, 0.1) is 0 Å². The molecule has 5 aromatic rings. The van der Waals surface area contributed by atoms with E-state index in [2.05, 4.69) is 136 Å². The van der Waals surface area contributed by atoms with Crippen molar-refractivity contribution in [2.45, 2.75) is 26.2 Å². The summed E-state index contributed by atoms with van der Waals surface area (Å²) in [5.74, 6) is 0. The van der Waals surface area contributed by atoms with Gasteiger partial charge in [-0.05, 0) is 74.2 Å². The molecule has 6 rings (SSSR count). The average Bonchev–Trinajstić information content (AvgIpc) is 3.11. The number of hydrogen-bond donors (Lipinski definition) is 0. The van der Waals surface area contributed by atoms with Crippen molar-refractivity contribution in [3.8, 4) is 44.5 Å². The van der Waals surface area contributed by atoms with Gasteiger partial charge in [0, 0.05) is 5.41 Å². The van der Waals surface area contributed by atoms with Crippen LogP contribution in [0.1, 0.15) is 30.5 Å². The molecule has 0 bridgehead atoms. The molecule has 1 aliphatic carbocycles. The van der Waals surface area contributed by atoms with Crippen LogP contribution in [0.3, 0.4) is 0 Å². The van der Waals surface area contributed by atoms with E-state index in [0.717, 1.165) is 0 Å². The number of hydrogen-bond acceptors (Lipinski definition) is 0. The van der Waals surface area contributed by atoms with Crippen LogP contribution in [0.4, 0.5) is 0 Å². The Morgan fingerprint density at radius 2 is 0.941 bits per heavy atom. The fraction of sp³-hybridized carbons (Fsp3) is 0.118. The molecule has 0 nitrogen and oxygen atoms in total. The molecular formula is C34H28. The lowest BCUT2D eigenvalue weighted by Gasteiger charge is -2.26. The SMILES string of the molecule is Cc1cc2c(cc1-c1ccccc1)-c1c(-c3ccccc3)ccc(-c3ccccc3)c1C2(C)C. The Labute approximate surface area is 202 Å². The van der Waals surface area contributed by atoms with Crippen molar-refractivity contribution in [3.05, 3.63) is 132 Å². The summed E-state index contributed by atoms with van der Waals surface area (Å²) >= 11 is 0. The summed E-state index contributed by atoms with van der Waals surface area (Å²) in [7, 11) is 0. The number of aryl methyl sites for hydroxylation is 1. The van der Waals surface area contributed by atoms with E-state index in [1.54, 1.807) is 0 Å². The van der Waals surface area contributed by atoms with E-state index in [9.17, 15) is 0 Å². The monoisotopic (exact) mass is 436 g/mol. The maximum atomic E-state index is 2.44. The fourth-order valence-corrected chi connectivity index (χ4v) is 5.74. The van der Waals surface area contributed by atoms with Gasteiger partial charge in [0.25, 0.3) is 0 Å². The van der Waals surface area contributed by atoms with Gasteiger partial charge in [-0.15, -0.1) is 0 Å². The lowest BCUT2D eigenvalue weighted by Crippen LogP contribution is -2.16. The Kier molecular flexibility index (Phi) is 4.78. The lowest BCUT2D eigenvalue weighted by atomic mass is 9.77. The Hall–Kier alpha value is -3.90. The van der Waals surface area contributed by atoms with Crippen LogP contribution in [0.2, 0.25) is 0 Å². The van der Waals surface area contributed by atoms with Gasteiger partial charge in [-0.1, -0.05) is 123 Å². The quantitative estimate of drug-likeness (QED) is 0.264. The molecule has 0 unspecified atom stereocenters. The molecular weight excluding hydrogens is 408 g/mol. The van der Waals surface area contributed by atoms with Gasteiger partial charge in [0.15, 0.2) is 0 Å².